The largest absolute Gasteiger partial charge is 0.394 e. The molecule has 3 aromatic rings. The fourth-order valence-corrected chi connectivity index (χ4v) is 4.20. The summed E-state index contributed by atoms with van der Waals surface area (Å²) in [7, 11) is 0. The molecule has 0 saturated heterocycles. The van der Waals surface area contributed by atoms with E-state index in [9.17, 15) is 5.26 Å². The van der Waals surface area contributed by atoms with Crippen molar-refractivity contribution in [3.05, 3.63) is 28.5 Å². The Kier molecular flexibility index (Phi) is 3.55. The molecular weight excluding hydrogens is 326 g/mol. The number of nitrogens with two attached hydrogens (primary N) is 1. The van der Waals surface area contributed by atoms with Gasteiger partial charge in [-0.3, -0.25) is 0 Å². The van der Waals surface area contributed by atoms with Gasteiger partial charge in [-0.1, -0.05) is 0 Å². The highest BCUT2D eigenvalue weighted by molar-refractivity contribution is 7.16. The average Bonchev–Trinajstić information content (AvgIpc) is 3.14. The molecule has 1 aliphatic rings. The Morgan fingerprint density at radius 1 is 1.42 bits per heavy atom. The van der Waals surface area contributed by atoms with Crippen molar-refractivity contribution in [3.63, 3.8) is 0 Å². The van der Waals surface area contributed by atoms with E-state index in [0.29, 0.717) is 29.3 Å². The van der Waals surface area contributed by atoms with Crippen LogP contribution in [-0.2, 0) is 19.5 Å². The summed E-state index contributed by atoms with van der Waals surface area (Å²) in [6.45, 7) is 1.84. The first-order chi connectivity index (χ1) is 11.7. The SMILES string of the molecule is N#Cc1c(N)sc2c1CCN(c1ncnc3c1cnn3CCO)C2. The molecule has 3 aromatic heterocycles. The number of nitrogen functional groups attached to an aromatic ring is 1. The minimum absolute atomic E-state index is 0.00853. The van der Waals surface area contributed by atoms with E-state index in [1.54, 1.807) is 10.9 Å². The normalized spacial score (nSPS) is 13.9. The lowest BCUT2D eigenvalue weighted by molar-refractivity contribution is 0.271. The highest BCUT2D eigenvalue weighted by Gasteiger charge is 2.25. The first-order valence-electron chi connectivity index (χ1n) is 7.55. The van der Waals surface area contributed by atoms with Crippen LogP contribution in [0.5, 0.6) is 0 Å². The van der Waals surface area contributed by atoms with Crippen molar-refractivity contribution >= 4 is 33.2 Å². The molecule has 4 heterocycles. The molecule has 1 aliphatic heterocycles. The fraction of sp³-hybridized carbons (Fsp3) is 0.333. The minimum atomic E-state index is 0.00853. The third-order valence-corrected chi connectivity index (χ3v) is 5.27. The Morgan fingerprint density at radius 3 is 3.08 bits per heavy atom. The van der Waals surface area contributed by atoms with Crippen molar-refractivity contribution in [2.45, 2.75) is 19.5 Å². The molecule has 0 spiro atoms. The van der Waals surface area contributed by atoms with Crippen LogP contribution in [-0.4, -0.2) is 38.0 Å². The van der Waals surface area contributed by atoms with Crippen LogP contribution < -0.4 is 10.6 Å². The molecule has 0 aliphatic carbocycles. The number of nitrogens with zero attached hydrogens (tertiary/aromatic N) is 6. The summed E-state index contributed by atoms with van der Waals surface area (Å²) in [6, 6.07) is 2.21. The molecule has 8 nitrogen and oxygen atoms in total. The Bertz CT molecular complexity index is 955. The summed E-state index contributed by atoms with van der Waals surface area (Å²) in [5.74, 6) is 0.820. The van der Waals surface area contributed by atoms with Gasteiger partial charge in [0.25, 0.3) is 0 Å². The fourth-order valence-electron chi connectivity index (χ4n) is 3.12. The molecule has 3 N–H and O–H groups in total. The van der Waals surface area contributed by atoms with Crippen molar-refractivity contribution in [2.75, 3.05) is 23.8 Å². The Hall–Kier alpha value is -2.70. The third kappa shape index (κ3) is 2.19. The monoisotopic (exact) mass is 341 g/mol. The van der Waals surface area contributed by atoms with Crippen LogP contribution in [0.3, 0.4) is 0 Å². The summed E-state index contributed by atoms with van der Waals surface area (Å²) in [5, 5.41) is 24.1. The van der Waals surface area contributed by atoms with Crippen LogP contribution in [0.1, 0.15) is 16.0 Å². The highest BCUT2D eigenvalue weighted by atomic mass is 32.1. The Balaban J connectivity index is 1.73. The van der Waals surface area contributed by atoms with E-state index in [1.165, 1.54) is 17.7 Å². The average molecular weight is 341 g/mol. The van der Waals surface area contributed by atoms with E-state index in [2.05, 4.69) is 26.0 Å². The van der Waals surface area contributed by atoms with Crippen LogP contribution in [0.15, 0.2) is 12.5 Å². The maximum absolute atomic E-state index is 9.25. The van der Waals surface area contributed by atoms with Crippen LogP contribution >= 0.6 is 11.3 Å². The molecule has 0 fully saturated rings. The number of aliphatic hydroxyl groups is 1. The number of fused-ring (bicyclic) bond motifs is 2. The van der Waals surface area contributed by atoms with Crippen molar-refractivity contribution in [3.8, 4) is 6.07 Å². The van der Waals surface area contributed by atoms with E-state index >= 15 is 0 Å². The lowest BCUT2D eigenvalue weighted by Crippen LogP contribution is -2.30. The molecule has 24 heavy (non-hydrogen) atoms. The summed E-state index contributed by atoms with van der Waals surface area (Å²) in [6.07, 6.45) is 4.02. The molecule has 0 amide bonds. The number of thiophene rings is 1. The van der Waals surface area contributed by atoms with E-state index in [0.717, 1.165) is 34.6 Å². The molecule has 0 aromatic carbocycles. The molecule has 0 saturated carbocycles. The summed E-state index contributed by atoms with van der Waals surface area (Å²) in [4.78, 5) is 12.0. The van der Waals surface area contributed by atoms with Crippen LogP contribution in [0.4, 0.5) is 10.8 Å². The van der Waals surface area contributed by atoms with Gasteiger partial charge in [-0.25, -0.2) is 14.6 Å². The van der Waals surface area contributed by atoms with Crippen molar-refractivity contribution in [1.82, 2.24) is 19.7 Å². The topological polar surface area (TPSA) is 117 Å². The van der Waals surface area contributed by atoms with Crippen LogP contribution in [0, 0.1) is 11.3 Å². The molecule has 9 heteroatoms. The van der Waals surface area contributed by atoms with E-state index in [4.69, 9.17) is 10.8 Å². The molecule has 4 rings (SSSR count). The van der Waals surface area contributed by atoms with Crippen molar-refractivity contribution in [2.24, 2.45) is 0 Å². The summed E-state index contributed by atoms with van der Waals surface area (Å²) >= 11 is 1.47. The molecule has 0 bridgehead atoms. The first kappa shape index (κ1) is 14.9. The van der Waals surface area contributed by atoms with Gasteiger partial charge in [0.15, 0.2) is 5.65 Å². The second-order valence-corrected chi connectivity index (χ2v) is 6.69. The summed E-state index contributed by atoms with van der Waals surface area (Å²) in [5.41, 5.74) is 8.36. The van der Waals surface area contributed by atoms with Gasteiger partial charge >= 0.3 is 0 Å². The number of anilines is 2. The zero-order chi connectivity index (χ0) is 16.7. The number of hydrogen-bond acceptors (Lipinski definition) is 8. The molecular formula is C15H15N7OS. The Labute approximate surface area is 141 Å². The number of nitriles is 1. The minimum Gasteiger partial charge on any atom is -0.394 e. The number of rotatable bonds is 3. The van der Waals surface area contributed by atoms with E-state index in [-0.39, 0.29) is 6.61 Å². The Morgan fingerprint density at radius 2 is 2.29 bits per heavy atom. The maximum atomic E-state index is 9.25. The zero-order valence-corrected chi connectivity index (χ0v) is 13.6. The van der Waals surface area contributed by atoms with Gasteiger partial charge in [0, 0.05) is 11.4 Å². The van der Waals surface area contributed by atoms with Crippen LogP contribution in [0.2, 0.25) is 0 Å². The third-order valence-electron chi connectivity index (χ3n) is 4.22. The van der Waals surface area contributed by atoms with Crippen molar-refractivity contribution in [1.29, 1.82) is 5.26 Å². The highest BCUT2D eigenvalue weighted by Crippen LogP contribution is 2.36. The quantitative estimate of drug-likeness (QED) is 0.726. The maximum Gasteiger partial charge on any atom is 0.163 e. The van der Waals surface area contributed by atoms with Gasteiger partial charge in [-0.15, -0.1) is 11.3 Å². The lowest BCUT2D eigenvalue weighted by atomic mass is 10.0. The molecule has 122 valence electrons. The van der Waals surface area contributed by atoms with E-state index in [1.807, 2.05) is 0 Å². The second-order valence-electron chi connectivity index (χ2n) is 5.55. The summed E-state index contributed by atoms with van der Waals surface area (Å²) < 4.78 is 1.67. The molecule has 0 atom stereocenters. The first-order valence-corrected chi connectivity index (χ1v) is 8.37. The van der Waals surface area contributed by atoms with Gasteiger partial charge in [0.1, 0.15) is 23.2 Å². The smallest absolute Gasteiger partial charge is 0.163 e. The van der Waals surface area contributed by atoms with Gasteiger partial charge in [0.2, 0.25) is 0 Å². The predicted molar refractivity (Wildman–Crippen MR) is 90.6 cm³/mol. The molecule has 0 unspecified atom stereocenters. The van der Waals surface area contributed by atoms with Crippen LogP contribution in [0.25, 0.3) is 11.0 Å². The number of aliphatic hydroxyl groups excluding tert-OH is 1. The van der Waals surface area contributed by atoms with Gasteiger partial charge in [-0.05, 0) is 12.0 Å². The second kappa shape index (κ2) is 5.74. The lowest BCUT2D eigenvalue weighted by Gasteiger charge is -2.28. The predicted octanol–water partition coefficient (Wildman–Crippen LogP) is 0.897. The molecule has 0 radical (unpaired) electrons. The zero-order valence-electron chi connectivity index (χ0n) is 12.8. The number of aromatic nitrogens is 4. The standard InChI is InChI=1S/C15H15N7OS/c16-5-10-9-1-2-21(7-12(9)24-13(10)17)14-11-6-20-22(3-4-23)15(11)19-8-18-14/h6,8,23H,1-4,7,17H2. The van der Waals surface area contributed by atoms with E-state index < -0.39 is 0 Å². The van der Waals surface area contributed by atoms with Gasteiger partial charge in [0.05, 0.1) is 36.8 Å². The van der Waals surface area contributed by atoms with Crippen molar-refractivity contribution < 1.29 is 5.11 Å². The number of hydrogen-bond donors (Lipinski definition) is 2. The van der Waals surface area contributed by atoms with Gasteiger partial charge < -0.3 is 15.7 Å². The van der Waals surface area contributed by atoms with Gasteiger partial charge in [-0.2, -0.15) is 10.4 Å².